The Bertz CT molecular complexity index is 1380. The Labute approximate surface area is 267 Å². The van der Waals surface area contributed by atoms with Crippen LogP contribution in [0.15, 0.2) is 108 Å². The third-order valence-corrected chi connectivity index (χ3v) is 8.91. The third kappa shape index (κ3) is 9.41. The molecule has 1 unspecified atom stereocenters. The van der Waals surface area contributed by atoms with Gasteiger partial charge in [0.25, 0.3) is 0 Å². The highest BCUT2D eigenvalue weighted by atomic mass is 16.5. The number of aliphatic imine (C=N–C) groups is 1. The Hall–Kier alpha value is -3.68. The maximum absolute atomic E-state index is 9.63. The fourth-order valence-corrected chi connectivity index (χ4v) is 6.29. The molecular formula is C40H53N3O. The van der Waals surface area contributed by atoms with E-state index in [-0.39, 0.29) is 12.0 Å². The summed E-state index contributed by atoms with van der Waals surface area (Å²) in [6, 6.07) is 8.07. The molecule has 1 aliphatic heterocycles. The second kappa shape index (κ2) is 17.0. The summed E-state index contributed by atoms with van der Waals surface area (Å²) in [6.45, 7) is 31.4. The van der Waals surface area contributed by atoms with Gasteiger partial charge in [0.1, 0.15) is 5.84 Å². The zero-order valence-electron chi connectivity index (χ0n) is 27.7. The molecule has 1 heterocycles. The molecule has 0 spiro atoms. The standard InChI is InChI=1S/C40H53N3O/c1-10-12-13-15-27(3)22-31(7)36-21-19-30(6)38(29(5)18-20-35-23-28(4)26-44-35)24-39(36)40(42-11-2)43-33(9)37-17-14-16-34(25-41)32(37)8/h11,14,16-17,21,24,28,33,35,38H,2-3,5-7,10,12-13,15,18-20,22-23,26H2,1,4,8-9H3,(H,42,43)/t28-,33-,35+,38?/m1/s1. The molecule has 1 aromatic carbocycles. The lowest BCUT2D eigenvalue weighted by atomic mass is 9.86. The lowest BCUT2D eigenvalue weighted by molar-refractivity contribution is 0.101. The Morgan fingerprint density at radius 1 is 1.20 bits per heavy atom. The first-order valence-corrected chi connectivity index (χ1v) is 16.3. The number of benzene rings is 1. The van der Waals surface area contributed by atoms with Gasteiger partial charge in [-0.25, -0.2) is 4.99 Å². The first-order valence-electron chi connectivity index (χ1n) is 16.3. The molecule has 3 rings (SSSR count). The highest BCUT2D eigenvalue weighted by Gasteiger charge is 2.27. The van der Waals surface area contributed by atoms with Crippen molar-refractivity contribution in [2.45, 2.75) is 97.6 Å². The summed E-state index contributed by atoms with van der Waals surface area (Å²) in [7, 11) is 0. The molecule has 1 saturated heterocycles. The fraction of sp³-hybridized carbons (Fsp3) is 0.450. The number of unbranched alkanes of at least 4 members (excludes halogenated alkanes) is 2. The van der Waals surface area contributed by atoms with Crippen molar-refractivity contribution in [1.29, 1.82) is 5.26 Å². The number of amidine groups is 1. The summed E-state index contributed by atoms with van der Waals surface area (Å²) in [4.78, 5) is 4.79. The molecule has 234 valence electrons. The highest BCUT2D eigenvalue weighted by Crippen LogP contribution is 2.37. The smallest absolute Gasteiger partial charge is 0.133 e. The van der Waals surface area contributed by atoms with E-state index in [9.17, 15) is 5.26 Å². The van der Waals surface area contributed by atoms with E-state index >= 15 is 0 Å². The second-order valence-corrected chi connectivity index (χ2v) is 12.7. The van der Waals surface area contributed by atoms with Crippen LogP contribution in [0.2, 0.25) is 0 Å². The van der Waals surface area contributed by atoms with Crippen LogP contribution >= 0.6 is 0 Å². The van der Waals surface area contributed by atoms with Crippen LogP contribution in [0.25, 0.3) is 0 Å². The van der Waals surface area contributed by atoms with Crippen molar-refractivity contribution < 1.29 is 4.74 Å². The molecule has 1 aromatic rings. The van der Waals surface area contributed by atoms with E-state index in [0.29, 0.717) is 17.6 Å². The van der Waals surface area contributed by atoms with Gasteiger partial charge in [-0.1, -0.05) is 101 Å². The zero-order valence-corrected chi connectivity index (χ0v) is 27.7. The average molecular weight is 592 g/mol. The molecule has 2 aliphatic rings. The maximum atomic E-state index is 9.63. The molecule has 4 atom stereocenters. The lowest BCUT2D eigenvalue weighted by Gasteiger charge is -2.24. The molecule has 0 saturated carbocycles. The van der Waals surface area contributed by atoms with E-state index in [1.54, 1.807) is 6.20 Å². The number of rotatable bonds is 15. The van der Waals surface area contributed by atoms with Crippen molar-refractivity contribution in [1.82, 2.24) is 5.32 Å². The Kier molecular flexibility index (Phi) is 13.4. The van der Waals surface area contributed by atoms with Crippen molar-refractivity contribution in [3.05, 3.63) is 120 Å². The van der Waals surface area contributed by atoms with Crippen LogP contribution in [0.5, 0.6) is 0 Å². The summed E-state index contributed by atoms with van der Waals surface area (Å²) in [6.07, 6.45) is 15.4. The molecule has 1 aliphatic carbocycles. The van der Waals surface area contributed by atoms with Crippen molar-refractivity contribution in [3.8, 4) is 6.07 Å². The van der Waals surface area contributed by atoms with Crippen LogP contribution in [-0.4, -0.2) is 18.5 Å². The van der Waals surface area contributed by atoms with Crippen molar-refractivity contribution in [2.75, 3.05) is 6.61 Å². The van der Waals surface area contributed by atoms with Crippen LogP contribution in [-0.2, 0) is 4.74 Å². The SMILES string of the molecule is C=C/N=C(/N[C@H](C)c1cccc(C#N)c1C)C1=CC(C(=C)CC[C@H]2C[C@@H](C)CO2)C(=C)CC=C1C(=C)CC(=C)CCCCC. The predicted octanol–water partition coefficient (Wildman–Crippen LogP) is 10.3. The summed E-state index contributed by atoms with van der Waals surface area (Å²) < 4.78 is 6.01. The van der Waals surface area contributed by atoms with Crippen LogP contribution in [0.4, 0.5) is 0 Å². The molecule has 0 bridgehead atoms. The lowest BCUT2D eigenvalue weighted by Crippen LogP contribution is -2.30. The molecule has 1 N–H and O–H groups in total. The molecule has 44 heavy (non-hydrogen) atoms. The summed E-state index contributed by atoms with van der Waals surface area (Å²) in [5, 5.41) is 13.3. The van der Waals surface area contributed by atoms with Gasteiger partial charge in [0, 0.05) is 24.3 Å². The van der Waals surface area contributed by atoms with Crippen LogP contribution in [0.3, 0.4) is 0 Å². The summed E-state index contributed by atoms with van der Waals surface area (Å²) in [5.74, 6) is 1.33. The highest BCUT2D eigenvalue weighted by molar-refractivity contribution is 6.04. The Morgan fingerprint density at radius 3 is 2.64 bits per heavy atom. The van der Waals surface area contributed by atoms with E-state index in [2.05, 4.69) is 83.3 Å². The number of hydrogen-bond donors (Lipinski definition) is 1. The van der Waals surface area contributed by atoms with Crippen LogP contribution < -0.4 is 5.32 Å². The minimum atomic E-state index is -0.101. The largest absolute Gasteiger partial charge is 0.378 e. The van der Waals surface area contributed by atoms with Gasteiger partial charge in [0.05, 0.1) is 23.8 Å². The van der Waals surface area contributed by atoms with Crippen LogP contribution in [0, 0.1) is 30.1 Å². The number of ether oxygens (including phenoxy) is 1. The Balaban J connectivity index is 1.97. The monoisotopic (exact) mass is 591 g/mol. The van der Waals surface area contributed by atoms with Gasteiger partial charge in [-0.15, -0.1) is 0 Å². The topological polar surface area (TPSA) is 57.4 Å². The first kappa shape index (κ1) is 34.8. The van der Waals surface area contributed by atoms with Crippen molar-refractivity contribution in [2.24, 2.45) is 16.8 Å². The molecule has 0 radical (unpaired) electrons. The molecule has 4 nitrogen and oxygen atoms in total. The summed E-state index contributed by atoms with van der Waals surface area (Å²) in [5.41, 5.74) is 9.22. The summed E-state index contributed by atoms with van der Waals surface area (Å²) >= 11 is 0. The van der Waals surface area contributed by atoms with E-state index < -0.39 is 0 Å². The van der Waals surface area contributed by atoms with Gasteiger partial charge in [-0.3, -0.25) is 0 Å². The molecular weight excluding hydrogens is 538 g/mol. The predicted molar refractivity (Wildman–Crippen MR) is 187 cm³/mol. The van der Waals surface area contributed by atoms with Gasteiger partial charge in [-0.2, -0.15) is 5.26 Å². The normalized spacial score (nSPS) is 21.0. The number of hydrogen-bond acceptors (Lipinski definition) is 3. The number of nitrogens with one attached hydrogen (secondary N) is 1. The maximum Gasteiger partial charge on any atom is 0.133 e. The quantitative estimate of drug-likeness (QED) is 0.0955. The van der Waals surface area contributed by atoms with E-state index in [1.807, 2.05) is 19.1 Å². The zero-order chi connectivity index (χ0) is 32.2. The second-order valence-electron chi connectivity index (χ2n) is 12.7. The number of allylic oxidation sites excluding steroid dienone is 6. The number of nitrogens with zero attached hydrogens (tertiary/aromatic N) is 2. The van der Waals surface area contributed by atoms with Gasteiger partial charge >= 0.3 is 0 Å². The van der Waals surface area contributed by atoms with Gasteiger partial charge in [0.2, 0.25) is 0 Å². The third-order valence-electron chi connectivity index (χ3n) is 8.91. The number of nitriles is 1. The molecule has 0 amide bonds. The van der Waals surface area contributed by atoms with Gasteiger partial charge in [-0.05, 0) is 93.1 Å². The minimum Gasteiger partial charge on any atom is -0.378 e. The van der Waals surface area contributed by atoms with Crippen molar-refractivity contribution >= 4 is 5.84 Å². The molecule has 4 heteroatoms. The van der Waals surface area contributed by atoms with E-state index in [1.165, 1.54) is 18.4 Å². The van der Waals surface area contributed by atoms with Crippen molar-refractivity contribution in [3.63, 3.8) is 0 Å². The molecule has 0 aromatic heterocycles. The fourth-order valence-electron chi connectivity index (χ4n) is 6.29. The average Bonchev–Trinajstić information content (AvgIpc) is 3.33. The Morgan fingerprint density at radius 2 is 1.98 bits per heavy atom. The van der Waals surface area contributed by atoms with Gasteiger partial charge in [0.15, 0.2) is 0 Å². The molecule has 1 fully saturated rings. The van der Waals surface area contributed by atoms with Gasteiger partial charge < -0.3 is 10.1 Å². The van der Waals surface area contributed by atoms with E-state index in [4.69, 9.17) is 9.73 Å². The first-order chi connectivity index (χ1) is 21.1. The van der Waals surface area contributed by atoms with E-state index in [0.717, 1.165) is 96.4 Å². The van der Waals surface area contributed by atoms with Crippen LogP contribution in [0.1, 0.15) is 101 Å². The minimum absolute atomic E-state index is 0.00564.